The van der Waals surface area contributed by atoms with Gasteiger partial charge in [-0.3, -0.25) is 4.68 Å². The molecule has 0 N–H and O–H groups in total. The largest absolute Gasteiger partial charge is 0.266 e. The molecule has 1 heterocycles. The van der Waals surface area contributed by atoms with Gasteiger partial charge in [-0.25, -0.2) is 0 Å². The highest BCUT2D eigenvalue weighted by Gasteiger charge is 2.07. The van der Waals surface area contributed by atoms with E-state index >= 15 is 0 Å². The summed E-state index contributed by atoms with van der Waals surface area (Å²) in [6.45, 7) is 11.6. The summed E-state index contributed by atoms with van der Waals surface area (Å²) in [6, 6.07) is 0. The molecule has 0 bridgehead atoms. The van der Waals surface area contributed by atoms with Gasteiger partial charge in [0.1, 0.15) is 0 Å². The predicted octanol–water partition coefficient (Wildman–Crippen LogP) is 3.03. The van der Waals surface area contributed by atoms with Gasteiger partial charge in [0.2, 0.25) is 0 Å². The Morgan fingerprint density at radius 1 is 1.36 bits per heavy atom. The minimum Gasteiger partial charge on any atom is -0.266 e. The van der Waals surface area contributed by atoms with Crippen LogP contribution in [0.15, 0.2) is 11.6 Å². The van der Waals surface area contributed by atoms with Crippen LogP contribution in [0.4, 0.5) is 0 Å². The molecule has 2 nitrogen and oxygen atoms in total. The first-order chi connectivity index (χ1) is 6.56. The summed E-state index contributed by atoms with van der Waals surface area (Å²) < 4.78 is 2.08. The molecule has 78 valence electrons. The van der Waals surface area contributed by atoms with Crippen LogP contribution in [0.2, 0.25) is 0 Å². The molecule has 0 saturated carbocycles. The maximum Gasteiger partial charge on any atom is 0.0628 e. The van der Waals surface area contributed by atoms with Crippen molar-refractivity contribution in [3.63, 3.8) is 0 Å². The number of aromatic nitrogens is 2. The van der Waals surface area contributed by atoms with Crippen molar-refractivity contribution in [2.45, 2.75) is 47.6 Å². The molecule has 0 aliphatic heterocycles. The lowest BCUT2D eigenvalue weighted by Gasteiger charge is -2.01. The standard InChI is InChI=1S/C12H20N2/c1-6-12-10(4)13-14(11(12)5)8-7-9(2)3/h7H,6,8H2,1-5H3. The Hall–Kier alpha value is -1.05. The Kier molecular flexibility index (Phi) is 3.50. The maximum atomic E-state index is 4.53. The quantitative estimate of drug-likeness (QED) is 0.673. The molecule has 0 aliphatic carbocycles. The zero-order chi connectivity index (χ0) is 10.7. The molecule has 1 aromatic heterocycles. The van der Waals surface area contributed by atoms with E-state index in [1.54, 1.807) is 0 Å². The Morgan fingerprint density at radius 2 is 2.00 bits per heavy atom. The minimum atomic E-state index is 0.898. The average Bonchev–Trinajstić information content (AvgIpc) is 2.38. The fourth-order valence-corrected chi connectivity index (χ4v) is 1.69. The number of hydrogen-bond donors (Lipinski definition) is 0. The smallest absolute Gasteiger partial charge is 0.0628 e. The maximum absolute atomic E-state index is 4.53. The Balaban J connectivity index is 2.94. The first-order valence-corrected chi connectivity index (χ1v) is 5.22. The summed E-state index contributed by atoms with van der Waals surface area (Å²) in [5.74, 6) is 0. The van der Waals surface area contributed by atoms with Crippen molar-refractivity contribution < 1.29 is 0 Å². The summed E-state index contributed by atoms with van der Waals surface area (Å²) in [5, 5.41) is 4.53. The van der Waals surface area contributed by atoms with E-state index in [2.05, 4.69) is 50.5 Å². The van der Waals surface area contributed by atoms with Crippen molar-refractivity contribution in [3.8, 4) is 0 Å². The van der Waals surface area contributed by atoms with E-state index in [0.29, 0.717) is 0 Å². The highest BCUT2D eigenvalue weighted by molar-refractivity contribution is 5.24. The second-order valence-electron chi connectivity index (χ2n) is 3.97. The van der Waals surface area contributed by atoms with Crippen LogP contribution in [0.5, 0.6) is 0 Å². The number of allylic oxidation sites excluding steroid dienone is 2. The molecule has 1 rings (SSSR count). The molecular weight excluding hydrogens is 172 g/mol. The molecule has 0 aromatic carbocycles. The zero-order valence-electron chi connectivity index (χ0n) is 9.89. The van der Waals surface area contributed by atoms with Crippen LogP contribution in [0.1, 0.15) is 37.7 Å². The first-order valence-electron chi connectivity index (χ1n) is 5.22. The lowest BCUT2D eigenvalue weighted by Crippen LogP contribution is -2.00. The molecule has 0 radical (unpaired) electrons. The molecule has 0 atom stereocenters. The van der Waals surface area contributed by atoms with E-state index < -0.39 is 0 Å². The third-order valence-electron chi connectivity index (χ3n) is 2.56. The Bertz CT molecular complexity index is 341. The van der Waals surface area contributed by atoms with Crippen molar-refractivity contribution in [2.24, 2.45) is 0 Å². The van der Waals surface area contributed by atoms with Crippen LogP contribution in [-0.4, -0.2) is 9.78 Å². The Labute approximate surface area is 86.6 Å². The van der Waals surface area contributed by atoms with Gasteiger partial charge in [-0.05, 0) is 39.7 Å². The van der Waals surface area contributed by atoms with E-state index in [4.69, 9.17) is 0 Å². The topological polar surface area (TPSA) is 17.8 Å². The van der Waals surface area contributed by atoms with Crippen LogP contribution in [0.3, 0.4) is 0 Å². The number of aryl methyl sites for hydroxylation is 1. The van der Waals surface area contributed by atoms with Crippen molar-refractivity contribution in [2.75, 3.05) is 0 Å². The van der Waals surface area contributed by atoms with E-state index in [-0.39, 0.29) is 0 Å². The first kappa shape index (κ1) is 11.0. The molecule has 0 unspecified atom stereocenters. The van der Waals surface area contributed by atoms with Crippen molar-refractivity contribution in [1.29, 1.82) is 0 Å². The zero-order valence-corrected chi connectivity index (χ0v) is 9.89. The fraction of sp³-hybridized carbons (Fsp3) is 0.583. The van der Waals surface area contributed by atoms with E-state index in [9.17, 15) is 0 Å². The van der Waals surface area contributed by atoms with Crippen molar-refractivity contribution >= 4 is 0 Å². The van der Waals surface area contributed by atoms with Crippen LogP contribution < -0.4 is 0 Å². The normalized spacial score (nSPS) is 10.4. The highest BCUT2D eigenvalue weighted by Crippen LogP contribution is 2.13. The average molecular weight is 192 g/mol. The fourth-order valence-electron chi connectivity index (χ4n) is 1.69. The summed E-state index contributed by atoms with van der Waals surface area (Å²) in [7, 11) is 0. The van der Waals surface area contributed by atoms with E-state index in [1.165, 1.54) is 22.5 Å². The van der Waals surface area contributed by atoms with Gasteiger partial charge in [0.25, 0.3) is 0 Å². The SMILES string of the molecule is CCc1c(C)nn(CC=C(C)C)c1C. The van der Waals surface area contributed by atoms with Crippen molar-refractivity contribution in [1.82, 2.24) is 9.78 Å². The lowest BCUT2D eigenvalue weighted by atomic mass is 10.1. The van der Waals surface area contributed by atoms with Gasteiger partial charge < -0.3 is 0 Å². The van der Waals surface area contributed by atoms with Crippen LogP contribution in [0.25, 0.3) is 0 Å². The molecule has 0 aliphatic rings. The molecule has 0 saturated heterocycles. The highest BCUT2D eigenvalue weighted by atomic mass is 15.3. The van der Waals surface area contributed by atoms with Gasteiger partial charge >= 0.3 is 0 Å². The molecule has 2 heteroatoms. The van der Waals surface area contributed by atoms with Crippen molar-refractivity contribution in [3.05, 3.63) is 28.6 Å². The van der Waals surface area contributed by atoms with Gasteiger partial charge in [-0.1, -0.05) is 18.6 Å². The van der Waals surface area contributed by atoms with Crippen LogP contribution in [-0.2, 0) is 13.0 Å². The van der Waals surface area contributed by atoms with Gasteiger partial charge in [-0.2, -0.15) is 5.10 Å². The molecule has 0 amide bonds. The molecular formula is C12H20N2. The number of rotatable bonds is 3. The van der Waals surface area contributed by atoms with Gasteiger partial charge in [-0.15, -0.1) is 0 Å². The molecule has 0 spiro atoms. The van der Waals surface area contributed by atoms with E-state index in [1.807, 2.05) is 0 Å². The summed E-state index contributed by atoms with van der Waals surface area (Å²) in [6.07, 6.45) is 3.28. The predicted molar refractivity (Wildman–Crippen MR) is 60.5 cm³/mol. The lowest BCUT2D eigenvalue weighted by molar-refractivity contribution is 0.668. The molecule has 1 aromatic rings. The van der Waals surface area contributed by atoms with Gasteiger partial charge in [0, 0.05) is 5.69 Å². The third-order valence-corrected chi connectivity index (χ3v) is 2.56. The van der Waals surface area contributed by atoms with Crippen LogP contribution in [0, 0.1) is 13.8 Å². The van der Waals surface area contributed by atoms with Gasteiger partial charge in [0.15, 0.2) is 0 Å². The van der Waals surface area contributed by atoms with E-state index in [0.717, 1.165) is 13.0 Å². The number of hydrogen-bond acceptors (Lipinski definition) is 1. The minimum absolute atomic E-state index is 0.898. The Morgan fingerprint density at radius 3 is 2.43 bits per heavy atom. The molecule has 0 fully saturated rings. The summed E-state index contributed by atoms with van der Waals surface area (Å²) >= 11 is 0. The van der Waals surface area contributed by atoms with Gasteiger partial charge in [0.05, 0.1) is 12.2 Å². The third kappa shape index (κ3) is 2.25. The summed E-state index contributed by atoms with van der Waals surface area (Å²) in [4.78, 5) is 0. The second-order valence-corrected chi connectivity index (χ2v) is 3.97. The monoisotopic (exact) mass is 192 g/mol. The van der Waals surface area contributed by atoms with Crippen LogP contribution >= 0.6 is 0 Å². The second kappa shape index (κ2) is 4.45. The number of nitrogens with zero attached hydrogens (tertiary/aromatic N) is 2. The molecule has 14 heavy (non-hydrogen) atoms. The summed E-state index contributed by atoms with van der Waals surface area (Å²) in [5.41, 5.74) is 5.22.